The molecule has 18 heavy (non-hydrogen) atoms. The molecule has 0 aromatic carbocycles. The molecular formula is C13H12N2OS2. The quantitative estimate of drug-likeness (QED) is 0.826. The fraction of sp³-hybridized carbons (Fsp3) is 0.231. The maximum absolute atomic E-state index is 11.7. The molecule has 0 saturated heterocycles. The molecule has 1 aliphatic rings. The molecule has 1 atom stereocenters. The molecule has 1 aliphatic heterocycles. The first-order chi connectivity index (χ1) is 8.75. The largest absolute Gasteiger partial charge is 0.273 e. The van der Waals surface area contributed by atoms with Gasteiger partial charge in [0.2, 0.25) is 5.91 Å². The lowest BCUT2D eigenvalue weighted by atomic mass is 10.0. The SMILES string of the molecule is CC(=O)N1N=C(c2ccsc2)CC1c1ccsc1. The highest BCUT2D eigenvalue weighted by Crippen LogP contribution is 2.33. The van der Waals surface area contributed by atoms with E-state index in [1.807, 2.05) is 10.8 Å². The standard InChI is InChI=1S/C13H12N2OS2/c1-9(16)15-13(11-3-5-18-8-11)6-12(14-15)10-2-4-17-7-10/h2-5,7-8,13H,6H2,1H3. The molecule has 0 spiro atoms. The van der Waals surface area contributed by atoms with Crippen LogP contribution < -0.4 is 0 Å². The predicted octanol–water partition coefficient (Wildman–Crippen LogP) is 3.51. The Balaban J connectivity index is 1.93. The van der Waals surface area contributed by atoms with E-state index >= 15 is 0 Å². The van der Waals surface area contributed by atoms with Crippen LogP contribution in [0.15, 0.2) is 38.8 Å². The van der Waals surface area contributed by atoms with Crippen molar-refractivity contribution in [3.05, 3.63) is 44.8 Å². The summed E-state index contributed by atoms with van der Waals surface area (Å²) in [6.07, 6.45) is 0.799. The summed E-state index contributed by atoms with van der Waals surface area (Å²) in [5.41, 5.74) is 3.30. The number of hydrazone groups is 1. The molecule has 2 aromatic rings. The van der Waals surface area contributed by atoms with E-state index in [-0.39, 0.29) is 11.9 Å². The van der Waals surface area contributed by atoms with Crippen LogP contribution in [0.1, 0.15) is 30.5 Å². The normalized spacial score (nSPS) is 19.1. The highest BCUT2D eigenvalue weighted by molar-refractivity contribution is 7.08. The molecule has 1 amide bonds. The van der Waals surface area contributed by atoms with Gasteiger partial charge in [0.15, 0.2) is 0 Å². The number of thiophene rings is 2. The topological polar surface area (TPSA) is 32.7 Å². The van der Waals surface area contributed by atoms with Crippen LogP contribution in [0, 0.1) is 0 Å². The Hall–Kier alpha value is -1.46. The summed E-state index contributed by atoms with van der Waals surface area (Å²) in [4.78, 5) is 11.7. The number of nitrogens with zero attached hydrogens (tertiary/aromatic N) is 2. The summed E-state index contributed by atoms with van der Waals surface area (Å²) in [5, 5.41) is 14.3. The molecule has 2 aromatic heterocycles. The number of amides is 1. The van der Waals surface area contributed by atoms with Gasteiger partial charge in [-0.2, -0.15) is 27.8 Å². The van der Waals surface area contributed by atoms with Crippen molar-refractivity contribution in [3.8, 4) is 0 Å². The molecule has 1 unspecified atom stereocenters. The van der Waals surface area contributed by atoms with E-state index in [0.29, 0.717) is 0 Å². The van der Waals surface area contributed by atoms with E-state index in [1.54, 1.807) is 34.6 Å². The van der Waals surface area contributed by atoms with Crippen molar-refractivity contribution in [2.24, 2.45) is 5.10 Å². The van der Waals surface area contributed by atoms with Crippen LogP contribution in [0.2, 0.25) is 0 Å². The first kappa shape index (κ1) is 11.6. The number of carbonyl (C=O) groups excluding carboxylic acids is 1. The van der Waals surface area contributed by atoms with E-state index < -0.39 is 0 Å². The van der Waals surface area contributed by atoms with Crippen molar-refractivity contribution in [1.82, 2.24) is 5.01 Å². The van der Waals surface area contributed by atoms with Gasteiger partial charge < -0.3 is 0 Å². The van der Waals surface area contributed by atoms with Gasteiger partial charge >= 0.3 is 0 Å². The molecule has 0 fully saturated rings. The second kappa shape index (κ2) is 4.66. The molecule has 5 heteroatoms. The molecule has 3 nitrogen and oxygen atoms in total. The van der Waals surface area contributed by atoms with E-state index in [9.17, 15) is 4.79 Å². The van der Waals surface area contributed by atoms with Crippen LogP contribution in [-0.4, -0.2) is 16.6 Å². The molecule has 0 radical (unpaired) electrons. The Morgan fingerprint density at radius 2 is 2.11 bits per heavy atom. The van der Waals surface area contributed by atoms with Crippen LogP contribution in [-0.2, 0) is 4.79 Å². The molecule has 0 N–H and O–H groups in total. The van der Waals surface area contributed by atoms with Crippen LogP contribution in [0.5, 0.6) is 0 Å². The maximum atomic E-state index is 11.7. The van der Waals surface area contributed by atoms with Crippen molar-refractivity contribution in [1.29, 1.82) is 0 Å². The fourth-order valence-corrected chi connectivity index (χ4v) is 3.50. The van der Waals surface area contributed by atoms with E-state index in [0.717, 1.165) is 17.7 Å². The third-order valence-corrected chi connectivity index (χ3v) is 4.40. The second-order valence-corrected chi connectivity index (χ2v) is 5.76. The third-order valence-electron chi connectivity index (χ3n) is 3.02. The Morgan fingerprint density at radius 3 is 2.72 bits per heavy atom. The van der Waals surface area contributed by atoms with Gasteiger partial charge in [-0.05, 0) is 39.2 Å². The van der Waals surface area contributed by atoms with Crippen molar-refractivity contribution < 1.29 is 4.79 Å². The average molecular weight is 276 g/mol. The predicted molar refractivity (Wildman–Crippen MR) is 75.1 cm³/mol. The number of hydrogen-bond acceptors (Lipinski definition) is 4. The summed E-state index contributed by atoms with van der Waals surface area (Å²) >= 11 is 3.30. The van der Waals surface area contributed by atoms with Gasteiger partial charge in [-0.1, -0.05) is 0 Å². The zero-order valence-electron chi connectivity index (χ0n) is 9.87. The van der Waals surface area contributed by atoms with Crippen molar-refractivity contribution in [2.45, 2.75) is 19.4 Å². The van der Waals surface area contributed by atoms with Gasteiger partial charge in [-0.3, -0.25) is 4.79 Å². The molecular weight excluding hydrogens is 264 g/mol. The van der Waals surface area contributed by atoms with Crippen LogP contribution in [0.25, 0.3) is 0 Å². The Kier molecular flexibility index (Phi) is 3.01. The van der Waals surface area contributed by atoms with Crippen molar-refractivity contribution in [2.75, 3.05) is 0 Å². The molecule has 92 valence electrons. The first-order valence-electron chi connectivity index (χ1n) is 5.67. The second-order valence-electron chi connectivity index (χ2n) is 4.20. The average Bonchev–Trinajstić information content (AvgIpc) is 3.10. The minimum absolute atomic E-state index is 0.00331. The van der Waals surface area contributed by atoms with Crippen LogP contribution in [0.4, 0.5) is 0 Å². The van der Waals surface area contributed by atoms with E-state index in [2.05, 4.69) is 28.0 Å². The highest BCUT2D eigenvalue weighted by Gasteiger charge is 2.31. The Morgan fingerprint density at radius 1 is 1.33 bits per heavy atom. The molecule has 0 aliphatic carbocycles. The smallest absolute Gasteiger partial charge is 0.240 e. The van der Waals surface area contributed by atoms with Crippen molar-refractivity contribution in [3.63, 3.8) is 0 Å². The van der Waals surface area contributed by atoms with Gasteiger partial charge in [0.05, 0.1) is 11.8 Å². The number of hydrogen-bond donors (Lipinski definition) is 0. The summed E-state index contributed by atoms with van der Waals surface area (Å²) in [7, 11) is 0. The minimum Gasteiger partial charge on any atom is -0.273 e. The fourth-order valence-electron chi connectivity index (χ4n) is 2.13. The Labute approximate surface area is 113 Å². The molecule has 0 saturated carbocycles. The lowest BCUT2D eigenvalue weighted by Gasteiger charge is -2.18. The number of carbonyl (C=O) groups is 1. The van der Waals surface area contributed by atoms with Gasteiger partial charge in [0, 0.05) is 18.9 Å². The Bertz CT molecular complexity index is 572. The van der Waals surface area contributed by atoms with Gasteiger partial charge in [0.25, 0.3) is 0 Å². The first-order valence-corrected chi connectivity index (χ1v) is 7.56. The van der Waals surface area contributed by atoms with E-state index in [1.165, 1.54) is 5.56 Å². The lowest BCUT2D eigenvalue weighted by molar-refractivity contribution is -0.130. The zero-order valence-corrected chi connectivity index (χ0v) is 11.5. The highest BCUT2D eigenvalue weighted by atomic mass is 32.1. The molecule has 3 heterocycles. The summed E-state index contributed by atoms with van der Waals surface area (Å²) in [6, 6.07) is 4.18. The summed E-state index contributed by atoms with van der Waals surface area (Å²) < 4.78 is 0. The number of rotatable bonds is 2. The minimum atomic E-state index is -0.00331. The van der Waals surface area contributed by atoms with Crippen LogP contribution in [0.3, 0.4) is 0 Å². The van der Waals surface area contributed by atoms with Gasteiger partial charge in [-0.25, -0.2) is 5.01 Å². The zero-order chi connectivity index (χ0) is 12.5. The summed E-state index contributed by atoms with van der Waals surface area (Å²) in [5.74, 6) is -0.00331. The monoisotopic (exact) mass is 276 g/mol. The van der Waals surface area contributed by atoms with Gasteiger partial charge in [-0.15, -0.1) is 0 Å². The lowest BCUT2D eigenvalue weighted by Crippen LogP contribution is -2.23. The van der Waals surface area contributed by atoms with Gasteiger partial charge in [0.1, 0.15) is 0 Å². The molecule has 0 bridgehead atoms. The van der Waals surface area contributed by atoms with Crippen molar-refractivity contribution >= 4 is 34.3 Å². The summed E-state index contributed by atoms with van der Waals surface area (Å²) in [6.45, 7) is 1.57. The molecule has 3 rings (SSSR count). The van der Waals surface area contributed by atoms with Crippen LogP contribution >= 0.6 is 22.7 Å². The van der Waals surface area contributed by atoms with E-state index in [4.69, 9.17) is 0 Å². The maximum Gasteiger partial charge on any atom is 0.240 e. The third kappa shape index (κ3) is 2.00.